The molecule has 0 radical (unpaired) electrons. The molecule has 1 aromatic carbocycles. The number of methoxy groups -OCH3 is 1. The minimum absolute atomic E-state index is 0.00130. The molecule has 1 aliphatic rings. The molecule has 0 bridgehead atoms. The van der Waals surface area contributed by atoms with E-state index >= 15 is 0 Å². The molecule has 0 saturated carbocycles. The third kappa shape index (κ3) is 4.37. The van der Waals surface area contributed by atoms with Crippen LogP contribution in [0, 0.1) is 5.92 Å². The lowest BCUT2D eigenvalue weighted by atomic mass is 9.96. The summed E-state index contributed by atoms with van der Waals surface area (Å²) in [4.78, 5) is 34.5. The van der Waals surface area contributed by atoms with Crippen molar-refractivity contribution in [3.05, 3.63) is 77.0 Å². The van der Waals surface area contributed by atoms with E-state index in [9.17, 15) is 9.59 Å². The number of hydrogen-bond donors (Lipinski definition) is 1. The number of pyridine rings is 1. The van der Waals surface area contributed by atoms with Crippen LogP contribution in [-0.4, -0.2) is 50.8 Å². The molecule has 8 nitrogen and oxygen atoms in total. The van der Waals surface area contributed by atoms with Gasteiger partial charge in [-0.25, -0.2) is 4.68 Å². The molecule has 0 aliphatic carbocycles. The van der Waals surface area contributed by atoms with Crippen molar-refractivity contribution in [2.75, 3.05) is 20.2 Å². The van der Waals surface area contributed by atoms with Crippen molar-refractivity contribution in [3.8, 4) is 17.0 Å². The van der Waals surface area contributed by atoms with Gasteiger partial charge in [-0.2, -0.15) is 5.10 Å². The first kappa shape index (κ1) is 20.9. The summed E-state index contributed by atoms with van der Waals surface area (Å²) in [7, 11) is 1.62. The fourth-order valence-corrected chi connectivity index (χ4v) is 4.34. The van der Waals surface area contributed by atoms with Crippen LogP contribution in [0.15, 0.2) is 65.7 Å². The van der Waals surface area contributed by atoms with E-state index < -0.39 is 0 Å². The molecule has 0 atom stereocenters. The second kappa shape index (κ2) is 8.90. The molecule has 33 heavy (non-hydrogen) atoms. The van der Waals surface area contributed by atoms with Crippen molar-refractivity contribution < 1.29 is 9.53 Å². The molecule has 1 amide bonds. The van der Waals surface area contributed by atoms with Gasteiger partial charge in [0.15, 0.2) is 0 Å². The maximum atomic E-state index is 13.0. The van der Waals surface area contributed by atoms with Gasteiger partial charge in [-0.15, -0.1) is 0 Å². The van der Waals surface area contributed by atoms with E-state index in [2.05, 4.69) is 15.1 Å². The highest BCUT2D eigenvalue weighted by Gasteiger charge is 2.25. The largest absolute Gasteiger partial charge is 0.497 e. The zero-order valence-electron chi connectivity index (χ0n) is 18.4. The van der Waals surface area contributed by atoms with Crippen molar-refractivity contribution in [2.24, 2.45) is 5.92 Å². The van der Waals surface area contributed by atoms with Gasteiger partial charge in [-0.1, -0.05) is 0 Å². The van der Waals surface area contributed by atoms with Crippen LogP contribution >= 0.6 is 0 Å². The number of piperidine rings is 1. The summed E-state index contributed by atoms with van der Waals surface area (Å²) < 4.78 is 6.81. The number of rotatable bonds is 5. The summed E-state index contributed by atoms with van der Waals surface area (Å²) in [5, 5.41) is 5.54. The predicted molar refractivity (Wildman–Crippen MR) is 125 cm³/mol. The molecule has 4 aromatic rings. The van der Waals surface area contributed by atoms with E-state index in [4.69, 9.17) is 4.74 Å². The van der Waals surface area contributed by atoms with Crippen molar-refractivity contribution >= 4 is 16.8 Å². The standard InChI is InChI=1S/C25H25N5O3/c1-33-20-3-2-19-14-23(27-22(19)15-20)25(32)29-12-8-17(9-13-29)16-30-24(31)5-4-21(28-30)18-6-10-26-11-7-18/h2-7,10-11,14-15,17,27H,8-9,12-13,16H2,1H3. The summed E-state index contributed by atoms with van der Waals surface area (Å²) in [5.41, 5.74) is 3.03. The Kier molecular flexibility index (Phi) is 5.64. The van der Waals surface area contributed by atoms with Gasteiger partial charge in [0.1, 0.15) is 11.4 Å². The maximum Gasteiger partial charge on any atom is 0.270 e. The number of nitrogens with one attached hydrogen (secondary N) is 1. The topological polar surface area (TPSA) is 93.1 Å². The summed E-state index contributed by atoms with van der Waals surface area (Å²) >= 11 is 0. The number of hydrogen-bond acceptors (Lipinski definition) is 5. The summed E-state index contributed by atoms with van der Waals surface area (Å²) in [5.74, 6) is 1.04. The number of benzene rings is 1. The van der Waals surface area contributed by atoms with Crippen molar-refractivity contribution in [2.45, 2.75) is 19.4 Å². The zero-order chi connectivity index (χ0) is 22.8. The van der Waals surface area contributed by atoms with Gasteiger partial charge in [-0.05, 0) is 55.2 Å². The Morgan fingerprint density at radius 1 is 1.09 bits per heavy atom. The Bertz CT molecular complexity index is 1340. The average Bonchev–Trinajstić information content (AvgIpc) is 3.29. The molecule has 1 fully saturated rings. The lowest BCUT2D eigenvalue weighted by Crippen LogP contribution is -2.40. The van der Waals surface area contributed by atoms with Gasteiger partial charge >= 0.3 is 0 Å². The molecule has 1 aliphatic heterocycles. The van der Waals surface area contributed by atoms with E-state index in [-0.39, 0.29) is 11.5 Å². The number of aromatic nitrogens is 4. The highest BCUT2D eigenvalue weighted by atomic mass is 16.5. The lowest BCUT2D eigenvalue weighted by Gasteiger charge is -2.31. The predicted octanol–water partition coefficient (Wildman–Crippen LogP) is 3.35. The van der Waals surface area contributed by atoms with Crippen LogP contribution in [0.25, 0.3) is 22.2 Å². The number of carbonyl (C=O) groups is 1. The number of carbonyl (C=O) groups excluding carboxylic acids is 1. The van der Waals surface area contributed by atoms with E-state index in [1.807, 2.05) is 41.3 Å². The minimum atomic E-state index is -0.111. The Hall–Kier alpha value is -3.94. The quantitative estimate of drug-likeness (QED) is 0.511. The number of fused-ring (bicyclic) bond motifs is 1. The van der Waals surface area contributed by atoms with Crippen molar-refractivity contribution in [1.82, 2.24) is 24.6 Å². The average molecular weight is 444 g/mol. The summed E-state index contributed by atoms with van der Waals surface area (Å²) in [6, 6.07) is 14.7. The van der Waals surface area contributed by atoms with Crippen LogP contribution in [0.1, 0.15) is 23.3 Å². The molecule has 168 valence electrons. The van der Waals surface area contributed by atoms with Crippen LogP contribution in [0.4, 0.5) is 0 Å². The molecule has 5 rings (SSSR count). The third-order valence-electron chi connectivity index (χ3n) is 6.24. The second-order valence-corrected chi connectivity index (χ2v) is 8.35. The van der Waals surface area contributed by atoms with Crippen LogP contribution < -0.4 is 10.3 Å². The molecule has 4 heterocycles. The van der Waals surface area contributed by atoms with Crippen LogP contribution in [-0.2, 0) is 6.54 Å². The van der Waals surface area contributed by atoms with Crippen LogP contribution in [0.3, 0.4) is 0 Å². The highest BCUT2D eigenvalue weighted by Crippen LogP contribution is 2.24. The fourth-order valence-electron chi connectivity index (χ4n) is 4.34. The SMILES string of the molecule is COc1ccc2cc(C(=O)N3CCC(Cn4nc(-c5ccncc5)ccc4=O)CC3)[nH]c2c1. The van der Waals surface area contributed by atoms with Gasteiger partial charge in [0.2, 0.25) is 0 Å². The smallest absolute Gasteiger partial charge is 0.270 e. The first-order valence-electron chi connectivity index (χ1n) is 11.1. The maximum absolute atomic E-state index is 13.0. The number of ether oxygens (including phenoxy) is 1. The Balaban J connectivity index is 1.24. The molecule has 1 N–H and O–H groups in total. The zero-order valence-corrected chi connectivity index (χ0v) is 18.4. The Labute approximate surface area is 190 Å². The molecule has 8 heteroatoms. The van der Waals surface area contributed by atoms with E-state index in [1.54, 1.807) is 36.3 Å². The first-order valence-corrected chi connectivity index (χ1v) is 11.1. The van der Waals surface area contributed by atoms with Gasteiger partial charge in [0.05, 0.1) is 12.8 Å². The fraction of sp³-hybridized carbons (Fsp3) is 0.280. The van der Waals surface area contributed by atoms with E-state index in [0.717, 1.165) is 40.8 Å². The molecule has 0 spiro atoms. The Morgan fingerprint density at radius 3 is 2.64 bits per heavy atom. The summed E-state index contributed by atoms with van der Waals surface area (Å²) in [6.07, 6.45) is 5.08. The number of amides is 1. The van der Waals surface area contributed by atoms with Gasteiger partial charge in [-0.3, -0.25) is 14.6 Å². The van der Waals surface area contributed by atoms with Crippen LogP contribution in [0.5, 0.6) is 5.75 Å². The minimum Gasteiger partial charge on any atom is -0.497 e. The number of H-pyrrole nitrogens is 1. The lowest BCUT2D eigenvalue weighted by molar-refractivity contribution is 0.0675. The van der Waals surface area contributed by atoms with E-state index in [1.165, 1.54) is 0 Å². The van der Waals surface area contributed by atoms with Gasteiger partial charge in [0.25, 0.3) is 11.5 Å². The van der Waals surface area contributed by atoms with Crippen LogP contribution in [0.2, 0.25) is 0 Å². The summed E-state index contributed by atoms with van der Waals surface area (Å²) in [6.45, 7) is 1.86. The highest BCUT2D eigenvalue weighted by molar-refractivity contribution is 5.98. The molecule has 3 aromatic heterocycles. The molecular weight excluding hydrogens is 418 g/mol. The monoisotopic (exact) mass is 443 g/mol. The van der Waals surface area contributed by atoms with Crippen molar-refractivity contribution in [1.29, 1.82) is 0 Å². The number of nitrogens with zero attached hydrogens (tertiary/aromatic N) is 4. The van der Waals surface area contributed by atoms with Gasteiger partial charge in [0, 0.05) is 60.6 Å². The normalized spacial score (nSPS) is 14.5. The molecular formula is C25H25N5O3. The third-order valence-corrected chi connectivity index (χ3v) is 6.24. The molecule has 1 saturated heterocycles. The van der Waals surface area contributed by atoms with Crippen molar-refractivity contribution in [3.63, 3.8) is 0 Å². The van der Waals surface area contributed by atoms with E-state index in [0.29, 0.717) is 31.2 Å². The first-order chi connectivity index (χ1) is 16.1. The number of likely N-dealkylation sites (tertiary alicyclic amines) is 1. The molecule has 0 unspecified atom stereocenters. The Morgan fingerprint density at radius 2 is 1.88 bits per heavy atom. The second-order valence-electron chi connectivity index (χ2n) is 8.35. The van der Waals surface area contributed by atoms with Gasteiger partial charge < -0.3 is 14.6 Å². The number of aromatic amines is 1.